The third-order valence-corrected chi connectivity index (χ3v) is 5.44. The number of urea groups is 1. The van der Waals surface area contributed by atoms with Gasteiger partial charge in [-0.05, 0) is 17.7 Å². The molecule has 0 saturated carbocycles. The zero-order valence-electron chi connectivity index (χ0n) is 13.7. The molecule has 1 aromatic rings. The van der Waals surface area contributed by atoms with E-state index in [1.165, 1.54) is 4.90 Å². The molecular weight excluding hydrogens is 402 g/mol. The second kappa shape index (κ2) is 6.28. The van der Waals surface area contributed by atoms with Gasteiger partial charge in [0.05, 0.1) is 17.2 Å². The Labute approximate surface area is 158 Å². The Hall–Kier alpha value is -2.61. The number of rotatable bonds is 3. The van der Waals surface area contributed by atoms with E-state index in [-0.39, 0.29) is 13.2 Å². The van der Waals surface area contributed by atoms with Crippen molar-refractivity contribution in [3.05, 3.63) is 58.2 Å². The van der Waals surface area contributed by atoms with E-state index in [9.17, 15) is 14.4 Å². The van der Waals surface area contributed by atoms with Gasteiger partial charge in [0.1, 0.15) is 12.8 Å². The lowest BCUT2D eigenvalue weighted by Gasteiger charge is -2.46. The summed E-state index contributed by atoms with van der Waals surface area (Å²) >= 11 is 3.40. The van der Waals surface area contributed by atoms with Gasteiger partial charge >= 0.3 is 12.0 Å². The van der Waals surface area contributed by atoms with E-state index in [1.807, 2.05) is 24.3 Å². The molecule has 0 bridgehead atoms. The number of halogens is 1. The van der Waals surface area contributed by atoms with Gasteiger partial charge in [0.25, 0.3) is 0 Å². The van der Waals surface area contributed by atoms with Gasteiger partial charge in [-0.1, -0.05) is 34.1 Å². The Bertz CT molecular complexity index is 848. The Kier molecular flexibility index (Phi) is 4.07. The van der Waals surface area contributed by atoms with E-state index >= 15 is 0 Å². The molecule has 3 amide bonds. The summed E-state index contributed by atoms with van der Waals surface area (Å²) in [6, 6.07) is 6.98. The van der Waals surface area contributed by atoms with Crippen LogP contribution in [-0.2, 0) is 14.3 Å². The van der Waals surface area contributed by atoms with Crippen LogP contribution >= 0.6 is 15.9 Å². The van der Waals surface area contributed by atoms with Crippen LogP contribution < -0.4 is 10.6 Å². The lowest BCUT2D eigenvalue weighted by molar-refractivity contribution is -0.136. The van der Waals surface area contributed by atoms with Crippen molar-refractivity contribution in [2.24, 2.45) is 5.92 Å². The summed E-state index contributed by atoms with van der Waals surface area (Å²) in [5, 5.41) is 5.57. The quantitative estimate of drug-likeness (QED) is 0.576. The fourth-order valence-corrected chi connectivity index (χ4v) is 4.08. The molecule has 2 N–H and O–H groups in total. The Morgan fingerprint density at radius 1 is 1.27 bits per heavy atom. The maximum absolute atomic E-state index is 12.7. The van der Waals surface area contributed by atoms with Crippen molar-refractivity contribution < 1.29 is 19.1 Å². The van der Waals surface area contributed by atoms with Crippen LogP contribution in [-0.4, -0.2) is 42.1 Å². The number of imide groups is 1. The first-order chi connectivity index (χ1) is 12.5. The standard InChI is InChI=1S/C18H16BrN3O4/c1-2-7-22-15-14(16(23)21-18(22)25)12(9-3-5-10(19)6-4-9)13-11(20-15)8-26-17(13)24/h2-6,12,14-15,20H,1,7-8H2,(H,21,23,25). The molecule has 3 aliphatic rings. The van der Waals surface area contributed by atoms with Crippen molar-refractivity contribution in [1.82, 2.24) is 15.5 Å². The summed E-state index contributed by atoms with van der Waals surface area (Å²) in [6.45, 7) is 4.07. The number of hydrogen-bond acceptors (Lipinski definition) is 5. The minimum Gasteiger partial charge on any atom is -0.456 e. The highest BCUT2D eigenvalue weighted by Gasteiger charge is 2.53. The lowest BCUT2D eigenvalue weighted by atomic mass is 9.74. The van der Waals surface area contributed by atoms with Gasteiger partial charge in [-0.25, -0.2) is 9.59 Å². The number of nitrogens with one attached hydrogen (secondary N) is 2. The average Bonchev–Trinajstić information content (AvgIpc) is 2.98. The number of carbonyl (C=O) groups is 3. The third kappa shape index (κ3) is 2.52. The molecule has 1 fully saturated rings. The minimum atomic E-state index is -0.654. The molecule has 3 aliphatic heterocycles. The molecule has 0 aliphatic carbocycles. The van der Waals surface area contributed by atoms with Crippen LogP contribution in [0.2, 0.25) is 0 Å². The molecule has 3 unspecified atom stereocenters. The molecule has 3 heterocycles. The Morgan fingerprint density at radius 3 is 2.69 bits per heavy atom. The van der Waals surface area contributed by atoms with Crippen LogP contribution in [0.1, 0.15) is 11.5 Å². The number of cyclic esters (lactones) is 1. The number of carbonyl (C=O) groups excluding carboxylic acids is 3. The molecule has 26 heavy (non-hydrogen) atoms. The number of esters is 1. The van der Waals surface area contributed by atoms with Gasteiger partial charge in [-0.15, -0.1) is 6.58 Å². The van der Waals surface area contributed by atoms with Crippen LogP contribution in [0.4, 0.5) is 4.79 Å². The third-order valence-electron chi connectivity index (χ3n) is 4.91. The lowest BCUT2D eigenvalue weighted by Crippen LogP contribution is -2.67. The molecule has 0 radical (unpaired) electrons. The summed E-state index contributed by atoms with van der Waals surface area (Å²) < 4.78 is 6.09. The normalized spacial score (nSPS) is 27.3. The van der Waals surface area contributed by atoms with E-state index in [0.29, 0.717) is 11.3 Å². The molecule has 4 rings (SSSR count). The fraction of sp³-hybridized carbons (Fsp3) is 0.278. The summed E-state index contributed by atoms with van der Waals surface area (Å²) in [4.78, 5) is 38.9. The van der Waals surface area contributed by atoms with Gasteiger partial charge in [0.15, 0.2) is 0 Å². The molecule has 3 atom stereocenters. The van der Waals surface area contributed by atoms with Crippen molar-refractivity contribution in [3.63, 3.8) is 0 Å². The summed E-state index contributed by atoms with van der Waals surface area (Å²) in [6.07, 6.45) is 1.03. The molecule has 134 valence electrons. The van der Waals surface area contributed by atoms with Gasteiger partial charge in [-0.2, -0.15) is 0 Å². The second-order valence-electron chi connectivity index (χ2n) is 6.35. The van der Waals surface area contributed by atoms with Crippen molar-refractivity contribution in [3.8, 4) is 0 Å². The first kappa shape index (κ1) is 16.8. The van der Waals surface area contributed by atoms with Crippen molar-refractivity contribution in [2.75, 3.05) is 13.2 Å². The minimum absolute atomic E-state index is 0.113. The van der Waals surface area contributed by atoms with Crippen LogP contribution in [0.5, 0.6) is 0 Å². The average molecular weight is 418 g/mol. The number of fused-ring (bicyclic) bond motifs is 1. The molecule has 0 spiro atoms. The number of nitrogens with zero attached hydrogens (tertiary/aromatic N) is 1. The van der Waals surface area contributed by atoms with E-state index in [2.05, 4.69) is 33.1 Å². The smallest absolute Gasteiger partial charge is 0.336 e. The van der Waals surface area contributed by atoms with Crippen LogP contribution in [0.15, 0.2) is 52.7 Å². The number of amides is 3. The first-order valence-electron chi connectivity index (χ1n) is 8.15. The molecule has 7 nitrogen and oxygen atoms in total. The molecule has 1 aromatic carbocycles. The summed E-state index contributed by atoms with van der Waals surface area (Å²) in [7, 11) is 0. The Balaban J connectivity index is 1.85. The van der Waals surface area contributed by atoms with Gasteiger partial charge < -0.3 is 10.1 Å². The SMILES string of the molecule is C=CCN1C(=O)NC(=O)C2C(c3ccc(Br)cc3)C3=C(COC3=O)NC21. The van der Waals surface area contributed by atoms with E-state index in [0.717, 1.165) is 10.0 Å². The van der Waals surface area contributed by atoms with Crippen molar-refractivity contribution >= 4 is 33.8 Å². The fourth-order valence-electron chi connectivity index (χ4n) is 3.81. The van der Waals surface area contributed by atoms with E-state index in [1.54, 1.807) is 6.08 Å². The van der Waals surface area contributed by atoms with Crippen molar-refractivity contribution in [2.45, 2.75) is 12.1 Å². The highest BCUT2D eigenvalue weighted by atomic mass is 79.9. The Morgan fingerprint density at radius 2 is 2.00 bits per heavy atom. The maximum Gasteiger partial charge on any atom is 0.336 e. The molecule has 1 saturated heterocycles. The second-order valence-corrected chi connectivity index (χ2v) is 7.26. The maximum atomic E-state index is 12.7. The summed E-state index contributed by atoms with van der Waals surface area (Å²) in [5.41, 5.74) is 1.90. The molecule has 0 aromatic heterocycles. The molecular formula is C18H16BrN3O4. The number of benzene rings is 1. The summed E-state index contributed by atoms with van der Waals surface area (Å²) in [5.74, 6) is -2.00. The zero-order valence-corrected chi connectivity index (χ0v) is 15.3. The van der Waals surface area contributed by atoms with Gasteiger partial charge in [-0.3, -0.25) is 15.0 Å². The molecule has 8 heteroatoms. The van der Waals surface area contributed by atoms with E-state index in [4.69, 9.17) is 4.74 Å². The highest BCUT2D eigenvalue weighted by molar-refractivity contribution is 9.10. The van der Waals surface area contributed by atoms with Crippen LogP contribution in [0.25, 0.3) is 0 Å². The predicted octanol–water partition coefficient (Wildman–Crippen LogP) is 1.63. The van der Waals surface area contributed by atoms with Crippen LogP contribution in [0, 0.1) is 5.92 Å². The predicted molar refractivity (Wildman–Crippen MR) is 95.7 cm³/mol. The largest absolute Gasteiger partial charge is 0.456 e. The highest BCUT2D eigenvalue weighted by Crippen LogP contribution is 2.43. The number of hydrogen-bond donors (Lipinski definition) is 2. The topological polar surface area (TPSA) is 87.7 Å². The first-order valence-corrected chi connectivity index (χ1v) is 8.95. The van der Waals surface area contributed by atoms with Crippen molar-refractivity contribution in [1.29, 1.82) is 0 Å². The van der Waals surface area contributed by atoms with Gasteiger partial charge in [0, 0.05) is 16.9 Å². The van der Waals surface area contributed by atoms with E-state index < -0.39 is 35.9 Å². The monoisotopic (exact) mass is 417 g/mol. The van der Waals surface area contributed by atoms with Crippen LogP contribution in [0.3, 0.4) is 0 Å². The van der Waals surface area contributed by atoms with Gasteiger partial charge in [0.2, 0.25) is 5.91 Å². The zero-order chi connectivity index (χ0) is 18.4. The number of ether oxygens (including phenoxy) is 1.